The van der Waals surface area contributed by atoms with Gasteiger partial charge >= 0.3 is 0 Å². The molecule has 20 heavy (non-hydrogen) atoms. The molecule has 2 heterocycles. The number of hydrogen-bond acceptors (Lipinski definition) is 6. The predicted octanol–water partition coefficient (Wildman–Crippen LogP) is 1.75. The summed E-state index contributed by atoms with van der Waals surface area (Å²) >= 11 is 1.55. The number of para-hydroxylation sites is 2. The van der Waals surface area contributed by atoms with Crippen LogP contribution in [0, 0.1) is 0 Å². The van der Waals surface area contributed by atoms with Gasteiger partial charge in [0.05, 0.1) is 5.69 Å². The molecule has 6 heteroatoms. The summed E-state index contributed by atoms with van der Waals surface area (Å²) < 4.78 is 0. The van der Waals surface area contributed by atoms with Gasteiger partial charge in [-0.25, -0.2) is 4.98 Å². The van der Waals surface area contributed by atoms with Crippen LogP contribution in [0.1, 0.15) is 4.88 Å². The largest absolute Gasteiger partial charge is 0.506 e. The van der Waals surface area contributed by atoms with Gasteiger partial charge in [0.15, 0.2) is 5.13 Å². The Morgan fingerprint density at radius 1 is 1.20 bits per heavy atom. The molecule has 1 aromatic carbocycles. The second-order valence-corrected chi connectivity index (χ2v) is 6.06. The highest BCUT2D eigenvalue weighted by Crippen LogP contribution is 2.27. The van der Waals surface area contributed by atoms with Crippen LogP contribution in [0.2, 0.25) is 0 Å². The number of nitrogens with two attached hydrogens (primary N) is 1. The van der Waals surface area contributed by atoms with Gasteiger partial charge in [0.25, 0.3) is 0 Å². The lowest BCUT2D eigenvalue weighted by molar-refractivity contribution is 0.251. The van der Waals surface area contributed by atoms with E-state index in [1.807, 2.05) is 24.4 Å². The molecule has 1 aliphatic rings. The molecule has 0 atom stereocenters. The molecule has 0 bridgehead atoms. The molecule has 0 unspecified atom stereocenters. The first-order chi connectivity index (χ1) is 9.72. The molecule has 2 aromatic rings. The molecular weight excluding hydrogens is 272 g/mol. The van der Waals surface area contributed by atoms with Crippen molar-refractivity contribution in [2.75, 3.05) is 36.8 Å². The van der Waals surface area contributed by atoms with E-state index in [1.165, 1.54) is 4.88 Å². The summed E-state index contributed by atoms with van der Waals surface area (Å²) in [5.41, 5.74) is 6.58. The summed E-state index contributed by atoms with van der Waals surface area (Å²) in [4.78, 5) is 9.91. The van der Waals surface area contributed by atoms with Crippen molar-refractivity contribution in [1.29, 1.82) is 0 Å². The Balaban J connectivity index is 1.58. The first-order valence-corrected chi connectivity index (χ1v) is 7.49. The first kappa shape index (κ1) is 13.2. The van der Waals surface area contributed by atoms with E-state index >= 15 is 0 Å². The molecule has 1 aromatic heterocycles. The molecule has 0 aliphatic carbocycles. The van der Waals surface area contributed by atoms with Crippen LogP contribution in [0.15, 0.2) is 30.5 Å². The number of anilines is 2. The quantitative estimate of drug-likeness (QED) is 0.901. The highest BCUT2D eigenvalue weighted by Gasteiger charge is 2.19. The molecule has 1 aliphatic heterocycles. The van der Waals surface area contributed by atoms with Crippen molar-refractivity contribution in [3.8, 4) is 5.75 Å². The van der Waals surface area contributed by atoms with Gasteiger partial charge in [-0.2, -0.15) is 0 Å². The van der Waals surface area contributed by atoms with Gasteiger partial charge in [0, 0.05) is 43.8 Å². The van der Waals surface area contributed by atoms with E-state index in [0.29, 0.717) is 10.9 Å². The Morgan fingerprint density at radius 3 is 2.60 bits per heavy atom. The maximum absolute atomic E-state index is 9.89. The fourth-order valence-corrected chi connectivity index (χ4v) is 3.22. The highest BCUT2D eigenvalue weighted by molar-refractivity contribution is 7.15. The Kier molecular flexibility index (Phi) is 3.75. The number of benzene rings is 1. The van der Waals surface area contributed by atoms with Crippen LogP contribution in [0.4, 0.5) is 10.8 Å². The number of aromatic hydroxyl groups is 1. The molecular formula is C14H18N4OS. The van der Waals surface area contributed by atoms with E-state index in [1.54, 1.807) is 17.4 Å². The van der Waals surface area contributed by atoms with Crippen LogP contribution in [0.5, 0.6) is 5.75 Å². The second kappa shape index (κ2) is 5.68. The first-order valence-electron chi connectivity index (χ1n) is 6.68. The van der Waals surface area contributed by atoms with Gasteiger partial charge in [-0.15, -0.1) is 11.3 Å². The lowest BCUT2D eigenvalue weighted by Crippen LogP contribution is -2.45. The molecule has 0 radical (unpaired) electrons. The van der Waals surface area contributed by atoms with Crippen LogP contribution in [-0.2, 0) is 6.54 Å². The standard InChI is InChI=1S/C14H18N4OS/c15-14-16-9-11(20-14)10-17-5-7-18(8-6-17)12-3-1-2-4-13(12)19/h1-4,9,19H,5-8,10H2,(H2,15,16). The summed E-state index contributed by atoms with van der Waals surface area (Å²) in [5, 5.41) is 10.5. The molecule has 1 saturated heterocycles. The average Bonchev–Trinajstić information content (AvgIpc) is 2.86. The SMILES string of the molecule is Nc1ncc(CN2CCN(c3ccccc3O)CC2)s1. The number of rotatable bonds is 3. The van der Waals surface area contributed by atoms with E-state index in [2.05, 4.69) is 14.8 Å². The van der Waals surface area contributed by atoms with E-state index in [0.717, 1.165) is 38.4 Å². The fourth-order valence-electron chi connectivity index (χ4n) is 2.49. The number of phenolic OH excluding ortho intramolecular Hbond substituents is 1. The van der Waals surface area contributed by atoms with Crippen molar-refractivity contribution in [3.05, 3.63) is 35.3 Å². The van der Waals surface area contributed by atoms with E-state index in [9.17, 15) is 5.11 Å². The molecule has 3 N–H and O–H groups in total. The topological polar surface area (TPSA) is 65.6 Å². The molecule has 0 amide bonds. The molecule has 5 nitrogen and oxygen atoms in total. The molecule has 106 valence electrons. The minimum absolute atomic E-state index is 0.358. The summed E-state index contributed by atoms with van der Waals surface area (Å²) in [6.45, 7) is 4.71. The van der Waals surface area contributed by atoms with Crippen molar-refractivity contribution in [3.63, 3.8) is 0 Å². The summed E-state index contributed by atoms with van der Waals surface area (Å²) in [6, 6.07) is 7.52. The minimum atomic E-state index is 0.358. The third-order valence-corrected chi connectivity index (χ3v) is 4.36. The number of nitrogens with zero attached hydrogens (tertiary/aromatic N) is 3. The summed E-state index contributed by atoms with van der Waals surface area (Å²) in [6.07, 6.45) is 1.86. The zero-order chi connectivity index (χ0) is 13.9. The van der Waals surface area contributed by atoms with Crippen molar-refractivity contribution in [2.45, 2.75) is 6.54 Å². The molecule has 1 fully saturated rings. The Hall–Kier alpha value is -1.79. The smallest absolute Gasteiger partial charge is 0.180 e. The lowest BCUT2D eigenvalue weighted by atomic mass is 10.2. The van der Waals surface area contributed by atoms with E-state index in [-0.39, 0.29) is 0 Å². The van der Waals surface area contributed by atoms with Gasteiger partial charge in [-0.05, 0) is 12.1 Å². The maximum Gasteiger partial charge on any atom is 0.180 e. The number of phenols is 1. The second-order valence-electron chi connectivity index (χ2n) is 4.92. The van der Waals surface area contributed by atoms with Crippen LogP contribution in [0.3, 0.4) is 0 Å². The Labute approximate surface area is 122 Å². The van der Waals surface area contributed by atoms with Crippen molar-refractivity contribution < 1.29 is 5.11 Å². The summed E-state index contributed by atoms with van der Waals surface area (Å²) in [5.74, 6) is 0.358. The zero-order valence-electron chi connectivity index (χ0n) is 11.2. The summed E-state index contributed by atoms with van der Waals surface area (Å²) in [7, 11) is 0. The third-order valence-electron chi connectivity index (χ3n) is 3.55. The van der Waals surface area contributed by atoms with Crippen molar-refractivity contribution in [1.82, 2.24) is 9.88 Å². The van der Waals surface area contributed by atoms with Crippen LogP contribution in [-0.4, -0.2) is 41.2 Å². The van der Waals surface area contributed by atoms with Crippen LogP contribution >= 0.6 is 11.3 Å². The van der Waals surface area contributed by atoms with Crippen LogP contribution in [0.25, 0.3) is 0 Å². The number of hydrogen-bond donors (Lipinski definition) is 2. The van der Waals surface area contributed by atoms with Crippen molar-refractivity contribution >= 4 is 22.2 Å². The predicted molar refractivity (Wildman–Crippen MR) is 82.1 cm³/mol. The number of aromatic nitrogens is 1. The van der Waals surface area contributed by atoms with E-state index < -0.39 is 0 Å². The van der Waals surface area contributed by atoms with Crippen LogP contribution < -0.4 is 10.6 Å². The number of thiazole rings is 1. The minimum Gasteiger partial charge on any atom is -0.506 e. The van der Waals surface area contributed by atoms with E-state index in [4.69, 9.17) is 5.73 Å². The number of nitrogen functional groups attached to an aromatic ring is 1. The van der Waals surface area contributed by atoms with Gasteiger partial charge in [-0.1, -0.05) is 12.1 Å². The van der Waals surface area contributed by atoms with Crippen molar-refractivity contribution in [2.24, 2.45) is 0 Å². The Bertz CT molecular complexity index is 578. The fraction of sp³-hybridized carbons (Fsp3) is 0.357. The molecule has 0 saturated carbocycles. The molecule has 3 rings (SSSR count). The lowest BCUT2D eigenvalue weighted by Gasteiger charge is -2.36. The highest BCUT2D eigenvalue weighted by atomic mass is 32.1. The van der Waals surface area contributed by atoms with Gasteiger partial charge in [-0.3, -0.25) is 4.90 Å². The number of piperazine rings is 1. The molecule has 0 spiro atoms. The zero-order valence-corrected chi connectivity index (χ0v) is 12.0. The Morgan fingerprint density at radius 2 is 1.95 bits per heavy atom. The maximum atomic E-state index is 9.89. The van der Waals surface area contributed by atoms with Gasteiger partial charge < -0.3 is 15.7 Å². The third kappa shape index (κ3) is 2.86. The monoisotopic (exact) mass is 290 g/mol. The van der Waals surface area contributed by atoms with Gasteiger partial charge in [0.1, 0.15) is 5.75 Å². The van der Waals surface area contributed by atoms with Gasteiger partial charge in [0.2, 0.25) is 0 Å². The normalized spacial score (nSPS) is 16.5. The average molecular weight is 290 g/mol.